The number of hydrogen-bond acceptors (Lipinski definition) is 6. The third kappa shape index (κ3) is 4.67. The largest absolute Gasteiger partial charge is 0.545 e. The molecule has 0 spiro atoms. The number of hydrazine groups is 1. The van der Waals surface area contributed by atoms with Gasteiger partial charge in [-0.05, 0) is 41.4 Å². The van der Waals surface area contributed by atoms with Crippen molar-refractivity contribution in [1.82, 2.24) is 10.0 Å². The van der Waals surface area contributed by atoms with E-state index in [2.05, 4.69) is 33.9 Å². The van der Waals surface area contributed by atoms with Gasteiger partial charge in [-0.2, -0.15) is 5.01 Å². The van der Waals surface area contributed by atoms with Crippen molar-refractivity contribution in [1.29, 1.82) is 0 Å². The van der Waals surface area contributed by atoms with Crippen molar-refractivity contribution in [3.63, 3.8) is 0 Å². The van der Waals surface area contributed by atoms with Crippen LogP contribution >= 0.6 is 0 Å². The van der Waals surface area contributed by atoms with Gasteiger partial charge in [-0.3, -0.25) is 9.80 Å². The molecule has 2 aromatic carbocycles. The molecule has 192 valence electrons. The minimum atomic E-state index is -2.33. The normalized spacial score (nSPS) is 20.9. The third-order valence-corrected chi connectivity index (χ3v) is 12.0. The maximum absolute atomic E-state index is 13.4. The zero-order chi connectivity index (χ0) is 26.3. The van der Waals surface area contributed by atoms with E-state index in [1.54, 1.807) is 12.1 Å². The van der Waals surface area contributed by atoms with Crippen LogP contribution in [0.15, 0.2) is 65.9 Å². The fraction of sp³-hybridized carbons (Fsp3) is 0.429. The second-order valence-corrected chi connectivity index (χ2v) is 15.6. The lowest BCUT2D eigenvalue weighted by molar-refractivity contribution is -0.149. The number of methoxy groups -OCH3 is 2. The summed E-state index contributed by atoms with van der Waals surface area (Å²) >= 11 is 0. The van der Waals surface area contributed by atoms with Gasteiger partial charge >= 0.3 is 5.97 Å². The number of esters is 1. The van der Waals surface area contributed by atoms with Crippen LogP contribution in [0.5, 0.6) is 5.75 Å². The van der Waals surface area contributed by atoms with Gasteiger partial charge in [-0.1, -0.05) is 63.2 Å². The van der Waals surface area contributed by atoms with E-state index in [1.165, 1.54) is 7.11 Å². The monoisotopic (exact) mass is 508 g/mol. The first-order valence-electron chi connectivity index (χ1n) is 12.3. The highest BCUT2D eigenvalue weighted by Gasteiger charge is 2.51. The van der Waals surface area contributed by atoms with Crippen molar-refractivity contribution < 1.29 is 23.5 Å². The summed E-state index contributed by atoms with van der Waals surface area (Å²) in [6.07, 6.45) is 0.318. The first-order valence-corrected chi connectivity index (χ1v) is 15.2. The summed E-state index contributed by atoms with van der Waals surface area (Å²) in [6.45, 7) is 10.9. The molecule has 0 bridgehead atoms. The summed E-state index contributed by atoms with van der Waals surface area (Å²) in [4.78, 5) is 26.8. The van der Waals surface area contributed by atoms with E-state index in [0.717, 1.165) is 11.1 Å². The molecule has 2 aliphatic rings. The Labute approximate surface area is 214 Å². The van der Waals surface area contributed by atoms with Crippen molar-refractivity contribution >= 4 is 20.2 Å². The van der Waals surface area contributed by atoms with Crippen LogP contribution in [0.25, 0.3) is 0 Å². The average molecular weight is 509 g/mol. The Balaban J connectivity index is 1.93. The van der Waals surface area contributed by atoms with Crippen LogP contribution in [0.4, 0.5) is 0 Å². The van der Waals surface area contributed by atoms with E-state index < -0.39 is 20.3 Å². The van der Waals surface area contributed by atoms with Crippen LogP contribution in [0.1, 0.15) is 50.4 Å². The number of nitrogens with zero attached hydrogens (tertiary/aromatic N) is 2. The molecule has 0 aromatic heterocycles. The molecule has 2 atom stereocenters. The molecule has 0 saturated carbocycles. The van der Waals surface area contributed by atoms with Crippen molar-refractivity contribution in [2.24, 2.45) is 0 Å². The second kappa shape index (κ2) is 9.75. The number of fused-ring (bicyclic) bond motifs is 1. The van der Waals surface area contributed by atoms with E-state index in [4.69, 9.17) is 13.9 Å². The van der Waals surface area contributed by atoms with E-state index in [9.17, 15) is 9.59 Å². The first kappa shape index (κ1) is 26.0. The van der Waals surface area contributed by atoms with Crippen LogP contribution in [-0.4, -0.2) is 51.0 Å². The molecule has 0 unspecified atom stereocenters. The lowest BCUT2D eigenvalue weighted by Gasteiger charge is -2.46. The number of benzene rings is 2. The molecule has 2 aliphatic heterocycles. The molecule has 2 heterocycles. The number of rotatable bonds is 6. The van der Waals surface area contributed by atoms with Crippen LogP contribution in [0.2, 0.25) is 18.1 Å². The van der Waals surface area contributed by atoms with Gasteiger partial charge in [0.25, 0.3) is 0 Å². The standard InChI is InChI=1S/C28H36N2O5Si/c1-28(2,3)36(6,7)35-23-18-29-24(31)17-22(19-11-9-8-10-12-19)30(29)26(25(23)27(32)34-5)20-13-15-21(33-4)16-14-20/h8-16,22,26H,17-18H2,1-7H3/t22-,26-/m1/s1. The molecule has 7 nitrogen and oxygen atoms in total. The molecule has 1 fully saturated rings. The zero-order valence-corrected chi connectivity index (χ0v) is 23.2. The van der Waals surface area contributed by atoms with E-state index >= 15 is 0 Å². The number of hydrogen-bond donors (Lipinski definition) is 0. The maximum atomic E-state index is 13.4. The van der Waals surface area contributed by atoms with Gasteiger partial charge in [-0.25, -0.2) is 4.79 Å². The quantitative estimate of drug-likeness (QED) is 0.385. The van der Waals surface area contributed by atoms with Gasteiger partial charge in [-0.15, -0.1) is 0 Å². The Hall–Kier alpha value is -3.10. The molecule has 1 amide bonds. The number of ether oxygens (including phenoxy) is 2. The van der Waals surface area contributed by atoms with E-state index in [0.29, 0.717) is 23.5 Å². The van der Waals surface area contributed by atoms with Gasteiger partial charge in [0.05, 0.1) is 38.4 Å². The number of amides is 1. The Morgan fingerprint density at radius 1 is 0.972 bits per heavy atom. The van der Waals surface area contributed by atoms with E-state index in [-0.39, 0.29) is 23.5 Å². The van der Waals surface area contributed by atoms with Crippen LogP contribution in [0.3, 0.4) is 0 Å². The number of carbonyl (C=O) groups excluding carboxylic acids is 2. The van der Waals surface area contributed by atoms with Crippen LogP contribution in [0, 0.1) is 0 Å². The average Bonchev–Trinajstić information content (AvgIpc) is 3.18. The van der Waals surface area contributed by atoms with Gasteiger partial charge < -0.3 is 13.9 Å². The van der Waals surface area contributed by atoms with Crippen molar-refractivity contribution in [2.45, 2.75) is 57.4 Å². The summed E-state index contributed by atoms with van der Waals surface area (Å²) in [5.41, 5.74) is 2.32. The lowest BCUT2D eigenvalue weighted by atomic mass is 9.93. The van der Waals surface area contributed by atoms with Crippen LogP contribution < -0.4 is 4.74 Å². The number of carbonyl (C=O) groups is 2. The molecule has 4 rings (SSSR count). The van der Waals surface area contributed by atoms with Gasteiger partial charge in [0.2, 0.25) is 14.2 Å². The first-order chi connectivity index (χ1) is 17.0. The second-order valence-electron chi connectivity index (χ2n) is 10.8. The molecule has 8 heteroatoms. The summed E-state index contributed by atoms with van der Waals surface area (Å²) in [5, 5.41) is 3.70. The Bertz CT molecular complexity index is 1150. The van der Waals surface area contributed by atoms with Crippen molar-refractivity contribution in [2.75, 3.05) is 20.8 Å². The highest BCUT2D eigenvalue weighted by atomic mass is 28.4. The minimum absolute atomic E-state index is 0.00242. The van der Waals surface area contributed by atoms with Crippen molar-refractivity contribution in [3.05, 3.63) is 77.1 Å². The summed E-state index contributed by atoms with van der Waals surface area (Å²) < 4.78 is 17.4. The molecule has 0 radical (unpaired) electrons. The SMILES string of the molecule is COC(=O)C1=C(O[Si](C)(C)C(C)(C)C)CN2C(=O)C[C@H](c3ccccc3)N2[C@@H]1c1ccc(OC)cc1. The zero-order valence-electron chi connectivity index (χ0n) is 22.2. The highest BCUT2D eigenvalue weighted by molar-refractivity contribution is 6.74. The van der Waals surface area contributed by atoms with Crippen LogP contribution in [-0.2, 0) is 18.8 Å². The molecule has 0 aliphatic carbocycles. The summed E-state index contributed by atoms with van der Waals surface area (Å²) in [6, 6.07) is 16.8. The van der Waals surface area contributed by atoms with Crippen molar-refractivity contribution in [3.8, 4) is 5.75 Å². The summed E-state index contributed by atoms with van der Waals surface area (Å²) in [5.74, 6) is 0.787. The third-order valence-electron chi connectivity index (χ3n) is 7.59. The molecule has 0 N–H and O–H groups in total. The molecule has 1 saturated heterocycles. The fourth-order valence-corrected chi connectivity index (χ4v) is 5.69. The van der Waals surface area contributed by atoms with Gasteiger partial charge in [0.1, 0.15) is 11.5 Å². The lowest BCUT2D eigenvalue weighted by Crippen LogP contribution is -2.51. The summed E-state index contributed by atoms with van der Waals surface area (Å²) in [7, 11) is 0.680. The van der Waals surface area contributed by atoms with E-state index in [1.807, 2.05) is 59.6 Å². The predicted octanol–water partition coefficient (Wildman–Crippen LogP) is 5.39. The predicted molar refractivity (Wildman–Crippen MR) is 140 cm³/mol. The minimum Gasteiger partial charge on any atom is -0.545 e. The topological polar surface area (TPSA) is 68.3 Å². The Morgan fingerprint density at radius 2 is 1.61 bits per heavy atom. The van der Waals surface area contributed by atoms with Gasteiger partial charge in [0, 0.05) is 6.42 Å². The molecule has 2 aromatic rings. The Kier molecular flexibility index (Phi) is 7.03. The molecular weight excluding hydrogens is 472 g/mol. The Morgan fingerprint density at radius 3 is 2.17 bits per heavy atom. The molecule has 36 heavy (non-hydrogen) atoms. The maximum Gasteiger partial charge on any atom is 0.339 e. The highest BCUT2D eigenvalue weighted by Crippen LogP contribution is 2.49. The van der Waals surface area contributed by atoms with Gasteiger partial charge in [0.15, 0.2) is 0 Å². The molecular formula is C28H36N2O5Si. The smallest absolute Gasteiger partial charge is 0.339 e. The fourth-order valence-electron chi connectivity index (χ4n) is 4.59.